The van der Waals surface area contributed by atoms with Crippen molar-refractivity contribution in [1.29, 1.82) is 0 Å². The lowest BCUT2D eigenvalue weighted by molar-refractivity contribution is 0.577. The van der Waals surface area contributed by atoms with Crippen LogP contribution in [0.1, 0.15) is 0 Å². The van der Waals surface area contributed by atoms with Crippen LogP contribution in [0.4, 0.5) is 18.9 Å². The maximum atomic E-state index is 13.4. The summed E-state index contributed by atoms with van der Waals surface area (Å²) in [7, 11) is 0. The lowest BCUT2D eigenvalue weighted by Gasteiger charge is -2.06. The van der Waals surface area contributed by atoms with Gasteiger partial charge in [-0.15, -0.1) is 0 Å². The van der Waals surface area contributed by atoms with Crippen molar-refractivity contribution in [1.82, 2.24) is 0 Å². The van der Waals surface area contributed by atoms with E-state index >= 15 is 0 Å². The number of nitrogens with two attached hydrogens (primary N) is 1. The fourth-order valence-corrected chi connectivity index (χ4v) is 2.21. The molecule has 0 saturated heterocycles. The summed E-state index contributed by atoms with van der Waals surface area (Å²) in [5.41, 5.74) is 5.44. The van der Waals surface area contributed by atoms with Crippen molar-refractivity contribution >= 4 is 17.4 Å². The average Bonchev–Trinajstić information content (AvgIpc) is 2.30. The number of benzene rings is 2. The fourth-order valence-electron chi connectivity index (χ4n) is 1.28. The highest BCUT2D eigenvalue weighted by molar-refractivity contribution is 7.99. The SMILES string of the molecule is Nc1c(F)cccc1Sc1cc(F)ccc1F. The Kier molecular flexibility index (Phi) is 3.28. The molecule has 0 saturated carbocycles. The molecular weight excluding hydrogens is 247 g/mol. The maximum Gasteiger partial charge on any atom is 0.147 e. The highest BCUT2D eigenvalue weighted by Crippen LogP contribution is 2.34. The second-order valence-electron chi connectivity index (χ2n) is 3.33. The van der Waals surface area contributed by atoms with Gasteiger partial charge in [-0.2, -0.15) is 0 Å². The molecule has 0 fully saturated rings. The van der Waals surface area contributed by atoms with Crippen LogP contribution in [0.5, 0.6) is 0 Å². The minimum Gasteiger partial charge on any atom is -0.395 e. The summed E-state index contributed by atoms with van der Waals surface area (Å²) in [5.74, 6) is -1.70. The third-order valence-electron chi connectivity index (χ3n) is 2.13. The Labute approximate surface area is 100 Å². The quantitative estimate of drug-likeness (QED) is 0.825. The van der Waals surface area contributed by atoms with Gasteiger partial charge in [-0.25, -0.2) is 13.2 Å². The summed E-state index contributed by atoms with van der Waals surface area (Å²) in [5, 5.41) is 0. The molecule has 5 heteroatoms. The van der Waals surface area contributed by atoms with Crippen LogP contribution in [0.15, 0.2) is 46.2 Å². The van der Waals surface area contributed by atoms with Crippen molar-refractivity contribution in [2.45, 2.75) is 9.79 Å². The second kappa shape index (κ2) is 4.71. The van der Waals surface area contributed by atoms with E-state index in [1.807, 2.05) is 0 Å². The van der Waals surface area contributed by atoms with Crippen LogP contribution in [0, 0.1) is 17.5 Å². The molecule has 0 aliphatic rings. The molecule has 2 N–H and O–H groups in total. The summed E-state index contributed by atoms with van der Waals surface area (Å²) >= 11 is 0.889. The summed E-state index contributed by atoms with van der Waals surface area (Å²) in [6, 6.07) is 7.31. The Morgan fingerprint density at radius 1 is 0.882 bits per heavy atom. The van der Waals surface area contributed by atoms with Gasteiger partial charge in [0.05, 0.1) is 10.6 Å². The van der Waals surface area contributed by atoms with Crippen LogP contribution in [0.25, 0.3) is 0 Å². The fraction of sp³-hybridized carbons (Fsp3) is 0. The number of nitrogen functional groups attached to an aromatic ring is 1. The standard InChI is InChI=1S/C12H8F3NS/c13-7-4-5-8(14)11(6-7)17-10-3-1-2-9(15)12(10)16/h1-6H,16H2. The van der Waals surface area contributed by atoms with Crippen LogP contribution in [0.3, 0.4) is 0 Å². The third kappa shape index (κ3) is 2.55. The minimum atomic E-state index is -0.577. The van der Waals surface area contributed by atoms with Gasteiger partial charge in [0.1, 0.15) is 17.5 Å². The average molecular weight is 255 g/mol. The molecule has 2 aromatic carbocycles. The highest BCUT2D eigenvalue weighted by Gasteiger charge is 2.10. The van der Waals surface area contributed by atoms with E-state index in [1.54, 1.807) is 6.07 Å². The van der Waals surface area contributed by atoms with Crippen molar-refractivity contribution < 1.29 is 13.2 Å². The molecule has 0 atom stereocenters. The first-order valence-corrected chi connectivity index (χ1v) is 5.56. The van der Waals surface area contributed by atoms with E-state index < -0.39 is 17.5 Å². The largest absolute Gasteiger partial charge is 0.395 e. The number of anilines is 1. The van der Waals surface area contributed by atoms with E-state index in [9.17, 15) is 13.2 Å². The maximum absolute atomic E-state index is 13.4. The van der Waals surface area contributed by atoms with Crippen molar-refractivity contribution in [2.75, 3.05) is 5.73 Å². The first-order chi connectivity index (χ1) is 8.08. The molecule has 17 heavy (non-hydrogen) atoms. The van der Waals surface area contributed by atoms with Gasteiger partial charge in [-0.3, -0.25) is 0 Å². The molecule has 0 heterocycles. The van der Waals surface area contributed by atoms with Crippen LogP contribution in [-0.4, -0.2) is 0 Å². The summed E-state index contributed by atoms with van der Waals surface area (Å²) in [4.78, 5) is 0.428. The first kappa shape index (κ1) is 11.9. The van der Waals surface area contributed by atoms with Gasteiger partial charge in [0.2, 0.25) is 0 Å². The highest BCUT2D eigenvalue weighted by atomic mass is 32.2. The van der Waals surface area contributed by atoms with Gasteiger partial charge >= 0.3 is 0 Å². The molecule has 0 aliphatic carbocycles. The monoisotopic (exact) mass is 255 g/mol. The van der Waals surface area contributed by atoms with Crippen LogP contribution in [0.2, 0.25) is 0 Å². The van der Waals surface area contributed by atoms with E-state index in [4.69, 9.17) is 5.73 Å². The van der Waals surface area contributed by atoms with E-state index in [0.29, 0.717) is 4.90 Å². The van der Waals surface area contributed by atoms with Crippen LogP contribution >= 0.6 is 11.8 Å². The summed E-state index contributed by atoms with van der Waals surface area (Å²) in [6.07, 6.45) is 0. The van der Waals surface area contributed by atoms with E-state index in [-0.39, 0.29) is 10.6 Å². The molecule has 0 bridgehead atoms. The molecule has 0 aliphatic heterocycles. The topological polar surface area (TPSA) is 26.0 Å². The van der Waals surface area contributed by atoms with Gasteiger partial charge in [0.15, 0.2) is 0 Å². The number of halogens is 3. The number of para-hydroxylation sites is 1. The lowest BCUT2D eigenvalue weighted by Crippen LogP contribution is -1.93. The predicted molar refractivity (Wildman–Crippen MR) is 61.3 cm³/mol. The molecule has 0 aromatic heterocycles. The van der Waals surface area contributed by atoms with E-state index in [1.165, 1.54) is 12.1 Å². The zero-order valence-electron chi connectivity index (χ0n) is 8.58. The smallest absolute Gasteiger partial charge is 0.147 e. The zero-order chi connectivity index (χ0) is 12.4. The number of hydrogen-bond acceptors (Lipinski definition) is 2. The molecule has 0 spiro atoms. The van der Waals surface area contributed by atoms with Crippen molar-refractivity contribution in [2.24, 2.45) is 0 Å². The zero-order valence-corrected chi connectivity index (χ0v) is 9.40. The molecule has 88 valence electrons. The molecule has 2 aromatic rings. The van der Waals surface area contributed by atoms with Crippen LogP contribution in [-0.2, 0) is 0 Å². The van der Waals surface area contributed by atoms with Gasteiger partial charge in [0.25, 0.3) is 0 Å². The molecule has 0 amide bonds. The second-order valence-corrected chi connectivity index (χ2v) is 4.41. The van der Waals surface area contributed by atoms with E-state index in [2.05, 4.69) is 0 Å². The molecule has 1 nitrogen and oxygen atoms in total. The van der Waals surface area contributed by atoms with Crippen molar-refractivity contribution in [3.8, 4) is 0 Å². The molecule has 0 radical (unpaired) electrons. The Morgan fingerprint density at radius 2 is 1.65 bits per heavy atom. The number of rotatable bonds is 2. The van der Waals surface area contributed by atoms with E-state index in [0.717, 1.165) is 30.0 Å². The Bertz CT molecular complexity index is 557. The summed E-state index contributed by atoms with van der Waals surface area (Å²) in [6.45, 7) is 0. The Balaban J connectivity index is 2.38. The van der Waals surface area contributed by atoms with Gasteiger partial charge in [-0.1, -0.05) is 17.8 Å². The Hall–Kier alpha value is -1.62. The van der Waals surface area contributed by atoms with Gasteiger partial charge in [0, 0.05) is 4.90 Å². The van der Waals surface area contributed by atoms with Crippen molar-refractivity contribution in [3.05, 3.63) is 53.8 Å². The van der Waals surface area contributed by atoms with Gasteiger partial charge < -0.3 is 5.73 Å². The first-order valence-electron chi connectivity index (χ1n) is 4.75. The Morgan fingerprint density at radius 3 is 2.41 bits per heavy atom. The normalized spacial score (nSPS) is 10.5. The molecular formula is C12H8F3NS. The predicted octanol–water partition coefficient (Wildman–Crippen LogP) is 3.84. The minimum absolute atomic E-state index is 0.0684. The van der Waals surface area contributed by atoms with Gasteiger partial charge in [-0.05, 0) is 30.3 Å². The van der Waals surface area contributed by atoms with Crippen molar-refractivity contribution in [3.63, 3.8) is 0 Å². The molecule has 2 rings (SSSR count). The number of hydrogen-bond donors (Lipinski definition) is 1. The third-order valence-corrected chi connectivity index (χ3v) is 3.23. The van der Waals surface area contributed by atoms with Crippen LogP contribution < -0.4 is 5.73 Å². The molecule has 0 unspecified atom stereocenters. The lowest BCUT2D eigenvalue weighted by atomic mass is 10.3. The summed E-state index contributed by atoms with van der Waals surface area (Å²) < 4.78 is 39.5.